The summed E-state index contributed by atoms with van der Waals surface area (Å²) in [6.07, 6.45) is 2.50. The van der Waals surface area contributed by atoms with Crippen LogP contribution in [0.5, 0.6) is 11.5 Å². The highest BCUT2D eigenvalue weighted by atomic mass is 16.5. The summed E-state index contributed by atoms with van der Waals surface area (Å²) in [6, 6.07) is 6.93. The van der Waals surface area contributed by atoms with Gasteiger partial charge in [-0.1, -0.05) is 6.07 Å². The molecule has 2 N–H and O–H groups in total. The minimum Gasteiger partial charge on any atom is -0.493 e. The molecule has 28 heavy (non-hydrogen) atoms. The van der Waals surface area contributed by atoms with E-state index in [1.807, 2.05) is 24.0 Å². The standard InChI is InChI=1S/C20H25N3O5/c1-13(15-4-5-17(27-2)18(10-15)28-3)22-19(24)16(11-21)12-23-8-6-14(7-9-23)20(25)26/h4-5,10,12-14H,6-9H2,1-3H3,(H,22,24)(H,25,26)/b16-12-. The van der Waals surface area contributed by atoms with E-state index in [-0.39, 0.29) is 17.5 Å². The summed E-state index contributed by atoms with van der Waals surface area (Å²) in [5.41, 5.74) is 0.798. The van der Waals surface area contributed by atoms with E-state index >= 15 is 0 Å². The van der Waals surface area contributed by atoms with E-state index in [1.54, 1.807) is 19.2 Å². The maximum Gasteiger partial charge on any atom is 0.306 e. The smallest absolute Gasteiger partial charge is 0.306 e. The van der Waals surface area contributed by atoms with Gasteiger partial charge in [-0.3, -0.25) is 9.59 Å². The van der Waals surface area contributed by atoms with Crippen molar-refractivity contribution in [2.45, 2.75) is 25.8 Å². The lowest BCUT2D eigenvalue weighted by Crippen LogP contribution is -2.34. The Bertz CT molecular complexity index is 792. The van der Waals surface area contributed by atoms with E-state index in [0.29, 0.717) is 37.4 Å². The summed E-state index contributed by atoms with van der Waals surface area (Å²) >= 11 is 0. The lowest BCUT2D eigenvalue weighted by atomic mass is 9.97. The van der Waals surface area contributed by atoms with Crippen LogP contribution in [0.25, 0.3) is 0 Å². The molecule has 1 atom stereocenters. The van der Waals surface area contributed by atoms with Crippen molar-refractivity contribution < 1.29 is 24.2 Å². The highest BCUT2D eigenvalue weighted by Gasteiger charge is 2.24. The van der Waals surface area contributed by atoms with Crippen molar-refractivity contribution in [3.8, 4) is 17.6 Å². The van der Waals surface area contributed by atoms with Gasteiger partial charge in [-0.25, -0.2) is 0 Å². The number of methoxy groups -OCH3 is 2. The van der Waals surface area contributed by atoms with Gasteiger partial charge in [0.1, 0.15) is 11.6 Å². The molecule has 2 rings (SSSR count). The fraction of sp³-hybridized carbons (Fsp3) is 0.450. The molecule has 0 aromatic heterocycles. The van der Waals surface area contributed by atoms with Gasteiger partial charge in [0.2, 0.25) is 0 Å². The van der Waals surface area contributed by atoms with Crippen molar-refractivity contribution in [3.05, 3.63) is 35.5 Å². The number of carbonyl (C=O) groups is 2. The van der Waals surface area contributed by atoms with Crippen LogP contribution >= 0.6 is 0 Å². The first-order valence-corrected chi connectivity index (χ1v) is 9.01. The summed E-state index contributed by atoms with van der Waals surface area (Å²) in [5.74, 6) is -0.504. The van der Waals surface area contributed by atoms with Gasteiger partial charge in [-0.15, -0.1) is 0 Å². The number of hydrogen-bond donors (Lipinski definition) is 2. The number of hydrogen-bond acceptors (Lipinski definition) is 6. The SMILES string of the molecule is COc1ccc(C(C)NC(=O)/C(C#N)=C\N2CCC(C(=O)O)CC2)cc1OC. The second-order valence-electron chi connectivity index (χ2n) is 6.61. The Balaban J connectivity index is 2.03. The van der Waals surface area contributed by atoms with E-state index in [9.17, 15) is 14.9 Å². The Hall–Kier alpha value is -3.21. The number of carboxylic acid groups (broad SMARTS) is 1. The number of ether oxygens (including phenoxy) is 2. The highest BCUT2D eigenvalue weighted by Crippen LogP contribution is 2.30. The van der Waals surface area contributed by atoms with Gasteiger partial charge in [-0.2, -0.15) is 5.26 Å². The van der Waals surface area contributed by atoms with E-state index in [4.69, 9.17) is 14.6 Å². The van der Waals surface area contributed by atoms with Crippen LogP contribution in [-0.4, -0.2) is 49.2 Å². The number of aliphatic carboxylic acids is 1. The number of piperidine rings is 1. The Kier molecular flexibility index (Phi) is 7.27. The normalized spacial score (nSPS) is 16.1. The molecule has 1 fully saturated rings. The first kappa shape index (κ1) is 21.1. The Morgan fingerprint density at radius 1 is 1.29 bits per heavy atom. The zero-order chi connectivity index (χ0) is 20.7. The van der Waals surface area contributed by atoms with Gasteiger partial charge in [0.05, 0.1) is 26.2 Å². The first-order chi connectivity index (χ1) is 13.4. The molecule has 1 aromatic rings. The average molecular weight is 387 g/mol. The summed E-state index contributed by atoms with van der Waals surface area (Å²) in [4.78, 5) is 25.3. The second kappa shape index (κ2) is 9.65. The summed E-state index contributed by atoms with van der Waals surface area (Å²) in [5, 5.41) is 21.2. The van der Waals surface area contributed by atoms with Gasteiger partial charge < -0.3 is 24.8 Å². The number of nitriles is 1. The fourth-order valence-corrected chi connectivity index (χ4v) is 3.08. The monoisotopic (exact) mass is 387 g/mol. The molecule has 8 heteroatoms. The molecule has 1 aromatic carbocycles. The van der Waals surface area contributed by atoms with Crippen LogP contribution in [-0.2, 0) is 9.59 Å². The summed E-state index contributed by atoms with van der Waals surface area (Å²) in [6.45, 7) is 2.81. The quantitative estimate of drug-likeness (QED) is 0.544. The van der Waals surface area contributed by atoms with Crippen LogP contribution in [0.15, 0.2) is 30.0 Å². The number of nitrogens with one attached hydrogen (secondary N) is 1. The molecule has 0 saturated carbocycles. The lowest BCUT2D eigenvalue weighted by molar-refractivity contribution is -0.143. The molecule has 0 bridgehead atoms. The van der Waals surface area contributed by atoms with Crippen molar-refractivity contribution in [2.75, 3.05) is 27.3 Å². The molecular weight excluding hydrogens is 362 g/mol. The van der Waals surface area contributed by atoms with Gasteiger partial charge in [-0.05, 0) is 37.5 Å². The Morgan fingerprint density at radius 3 is 2.46 bits per heavy atom. The van der Waals surface area contributed by atoms with Crippen LogP contribution in [0, 0.1) is 17.2 Å². The molecule has 0 radical (unpaired) electrons. The van der Waals surface area contributed by atoms with Crippen molar-refractivity contribution in [3.63, 3.8) is 0 Å². The zero-order valence-electron chi connectivity index (χ0n) is 16.3. The van der Waals surface area contributed by atoms with Crippen LogP contribution < -0.4 is 14.8 Å². The second-order valence-corrected chi connectivity index (χ2v) is 6.61. The van der Waals surface area contributed by atoms with E-state index in [2.05, 4.69) is 5.32 Å². The third-order valence-corrected chi connectivity index (χ3v) is 4.81. The van der Waals surface area contributed by atoms with Crippen molar-refractivity contribution in [1.82, 2.24) is 10.2 Å². The molecule has 0 spiro atoms. The van der Waals surface area contributed by atoms with Gasteiger partial charge >= 0.3 is 5.97 Å². The third kappa shape index (κ3) is 5.16. The zero-order valence-corrected chi connectivity index (χ0v) is 16.3. The molecule has 1 aliphatic rings. The predicted molar refractivity (Wildman–Crippen MR) is 102 cm³/mol. The average Bonchev–Trinajstić information content (AvgIpc) is 2.71. The molecule has 150 valence electrons. The maximum absolute atomic E-state index is 12.5. The van der Waals surface area contributed by atoms with E-state index < -0.39 is 11.9 Å². The van der Waals surface area contributed by atoms with Gasteiger partial charge in [0, 0.05) is 19.3 Å². The minimum absolute atomic E-state index is 0.0129. The van der Waals surface area contributed by atoms with E-state index in [1.165, 1.54) is 13.3 Å². The maximum atomic E-state index is 12.5. The van der Waals surface area contributed by atoms with Gasteiger partial charge in [0.15, 0.2) is 11.5 Å². The van der Waals surface area contributed by atoms with Crippen LogP contribution in [0.2, 0.25) is 0 Å². The first-order valence-electron chi connectivity index (χ1n) is 9.01. The van der Waals surface area contributed by atoms with Crippen molar-refractivity contribution >= 4 is 11.9 Å². The fourth-order valence-electron chi connectivity index (χ4n) is 3.08. The van der Waals surface area contributed by atoms with Crippen LogP contribution in [0.3, 0.4) is 0 Å². The molecule has 1 aliphatic heterocycles. The van der Waals surface area contributed by atoms with E-state index in [0.717, 1.165) is 5.56 Å². The number of likely N-dealkylation sites (tertiary alicyclic amines) is 1. The summed E-state index contributed by atoms with van der Waals surface area (Å²) in [7, 11) is 3.08. The lowest BCUT2D eigenvalue weighted by Gasteiger charge is -2.29. The molecule has 0 aliphatic carbocycles. The molecule has 1 amide bonds. The molecule has 8 nitrogen and oxygen atoms in total. The van der Waals surface area contributed by atoms with Crippen LogP contribution in [0.4, 0.5) is 0 Å². The number of benzene rings is 1. The minimum atomic E-state index is -0.800. The third-order valence-electron chi connectivity index (χ3n) is 4.81. The Morgan fingerprint density at radius 2 is 1.93 bits per heavy atom. The largest absolute Gasteiger partial charge is 0.493 e. The van der Waals surface area contributed by atoms with Crippen LogP contribution in [0.1, 0.15) is 31.4 Å². The Labute approximate surface area is 164 Å². The topological polar surface area (TPSA) is 112 Å². The number of carboxylic acids is 1. The molecule has 1 saturated heterocycles. The van der Waals surface area contributed by atoms with Gasteiger partial charge in [0.25, 0.3) is 5.91 Å². The number of amides is 1. The predicted octanol–water partition coefficient (Wildman–Crippen LogP) is 2.09. The highest BCUT2D eigenvalue weighted by molar-refractivity contribution is 5.97. The molecular formula is C20H25N3O5. The van der Waals surface area contributed by atoms with Crippen molar-refractivity contribution in [2.24, 2.45) is 5.92 Å². The van der Waals surface area contributed by atoms with Crippen molar-refractivity contribution in [1.29, 1.82) is 5.26 Å². The molecule has 1 heterocycles. The number of carbonyl (C=O) groups excluding carboxylic acids is 1. The number of nitrogens with zero attached hydrogens (tertiary/aromatic N) is 2. The summed E-state index contributed by atoms with van der Waals surface area (Å²) < 4.78 is 10.5. The molecule has 1 unspecified atom stereocenters. The number of rotatable bonds is 7.